The van der Waals surface area contributed by atoms with Crippen molar-refractivity contribution in [2.75, 3.05) is 19.0 Å². The van der Waals surface area contributed by atoms with Crippen molar-refractivity contribution < 1.29 is 18.7 Å². The molecule has 1 N–H and O–H groups in total. The molecule has 2 amide bonds. The average Bonchev–Trinajstić information content (AvgIpc) is 2.59. The molecule has 2 aromatic carbocycles. The zero-order chi connectivity index (χ0) is 17.1. The highest BCUT2D eigenvalue weighted by atomic mass is 19.1. The Morgan fingerprint density at radius 3 is 2.50 bits per heavy atom. The van der Waals surface area contributed by atoms with Gasteiger partial charge >= 0.3 is 0 Å². The summed E-state index contributed by atoms with van der Waals surface area (Å²) in [6, 6.07) is 14.1. The Morgan fingerprint density at radius 1 is 1.17 bits per heavy atom. The largest absolute Gasteiger partial charge is 0.356 e. The number of carbonyl (C=O) groups excluding carboxylic acids is 2. The summed E-state index contributed by atoms with van der Waals surface area (Å²) in [5, 5.41) is 2.78. The minimum atomic E-state index is -0.877. The van der Waals surface area contributed by atoms with Crippen molar-refractivity contribution in [2.45, 2.75) is 12.1 Å². The van der Waals surface area contributed by atoms with Crippen molar-refractivity contribution in [1.29, 1.82) is 0 Å². The first-order valence-electron chi connectivity index (χ1n) is 7.55. The van der Waals surface area contributed by atoms with Gasteiger partial charge in [0.25, 0.3) is 5.91 Å². The second-order valence-corrected chi connectivity index (χ2v) is 5.59. The molecule has 24 heavy (non-hydrogen) atoms. The van der Waals surface area contributed by atoms with Gasteiger partial charge in [-0.15, -0.1) is 0 Å². The Labute approximate surface area is 139 Å². The topological polar surface area (TPSA) is 58.6 Å². The third-order valence-electron chi connectivity index (χ3n) is 4.00. The predicted octanol–water partition coefficient (Wildman–Crippen LogP) is 2.36. The number of amides is 2. The third-order valence-corrected chi connectivity index (χ3v) is 4.00. The maximum Gasteiger partial charge on any atom is 0.256 e. The first kappa shape index (κ1) is 16.1. The number of nitrogens with zero attached hydrogens (tertiary/aromatic N) is 1. The molecule has 1 aliphatic rings. The van der Waals surface area contributed by atoms with Crippen LogP contribution in [0.3, 0.4) is 0 Å². The van der Waals surface area contributed by atoms with E-state index in [0.29, 0.717) is 11.3 Å². The van der Waals surface area contributed by atoms with E-state index in [1.807, 2.05) is 18.2 Å². The molecular weight excluding hydrogens is 311 g/mol. The van der Waals surface area contributed by atoms with Gasteiger partial charge in [-0.3, -0.25) is 9.59 Å². The van der Waals surface area contributed by atoms with Gasteiger partial charge in [0.2, 0.25) is 5.91 Å². The van der Waals surface area contributed by atoms with E-state index in [1.54, 1.807) is 31.3 Å². The molecular formula is C18H17FN2O3. The van der Waals surface area contributed by atoms with E-state index in [9.17, 15) is 14.0 Å². The molecule has 0 radical (unpaired) electrons. The molecule has 1 saturated heterocycles. The highest BCUT2D eigenvalue weighted by molar-refractivity contribution is 5.96. The summed E-state index contributed by atoms with van der Waals surface area (Å²) in [7, 11) is 1.61. The van der Waals surface area contributed by atoms with Crippen LogP contribution >= 0.6 is 0 Å². The van der Waals surface area contributed by atoms with Crippen LogP contribution in [0.2, 0.25) is 0 Å². The molecule has 1 fully saturated rings. The number of likely N-dealkylation sites (N-methyl/N-ethyl adjacent to an activating group) is 1. The highest BCUT2D eigenvalue weighted by Gasteiger charge is 2.40. The van der Waals surface area contributed by atoms with Crippen LogP contribution in [0.1, 0.15) is 11.6 Å². The lowest BCUT2D eigenvalue weighted by Gasteiger charge is -2.38. The fraction of sp³-hybridized carbons (Fsp3) is 0.222. The summed E-state index contributed by atoms with van der Waals surface area (Å²) in [6.45, 7) is -0.166. The Bertz CT molecular complexity index is 734. The fourth-order valence-corrected chi connectivity index (χ4v) is 2.72. The molecule has 0 aromatic heterocycles. The van der Waals surface area contributed by atoms with Crippen LogP contribution in [0.15, 0.2) is 54.6 Å². The Morgan fingerprint density at radius 2 is 1.83 bits per heavy atom. The van der Waals surface area contributed by atoms with Gasteiger partial charge in [0.15, 0.2) is 6.10 Å². The molecule has 1 aliphatic heterocycles. The number of ether oxygens (including phenoxy) is 1. The molecule has 0 spiro atoms. The zero-order valence-corrected chi connectivity index (χ0v) is 13.1. The van der Waals surface area contributed by atoms with Crippen molar-refractivity contribution in [2.24, 2.45) is 0 Å². The number of hydrogen-bond acceptors (Lipinski definition) is 3. The lowest BCUT2D eigenvalue weighted by molar-refractivity contribution is -0.160. The molecule has 2 atom stereocenters. The summed E-state index contributed by atoms with van der Waals surface area (Å²) in [6.07, 6.45) is -0.877. The SMILES string of the molecule is CN1C(=O)CO[C@@H](C(=O)Nc2ccccc2)[C@H]1c1ccc(F)cc1. The normalized spacial score (nSPS) is 20.8. The van der Waals surface area contributed by atoms with Gasteiger partial charge in [0.05, 0.1) is 6.04 Å². The van der Waals surface area contributed by atoms with Crippen LogP contribution < -0.4 is 5.32 Å². The van der Waals surface area contributed by atoms with Gasteiger partial charge in [0.1, 0.15) is 12.4 Å². The van der Waals surface area contributed by atoms with E-state index in [2.05, 4.69) is 5.32 Å². The molecule has 5 nitrogen and oxygen atoms in total. The number of rotatable bonds is 3. The zero-order valence-electron chi connectivity index (χ0n) is 13.1. The maximum absolute atomic E-state index is 13.2. The van der Waals surface area contributed by atoms with E-state index in [4.69, 9.17) is 4.74 Å². The van der Waals surface area contributed by atoms with Gasteiger partial charge < -0.3 is 15.0 Å². The summed E-state index contributed by atoms with van der Waals surface area (Å²) in [5.74, 6) is -0.960. The number of morpholine rings is 1. The van der Waals surface area contributed by atoms with Crippen molar-refractivity contribution in [3.63, 3.8) is 0 Å². The molecule has 0 unspecified atom stereocenters. The van der Waals surface area contributed by atoms with E-state index in [-0.39, 0.29) is 24.2 Å². The average molecular weight is 328 g/mol. The first-order valence-corrected chi connectivity index (χ1v) is 7.55. The molecule has 6 heteroatoms. The highest BCUT2D eigenvalue weighted by Crippen LogP contribution is 2.30. The van der Waals surface area contributed by atoms with Crippen molar-refractivity contribution in [1.82, 2.24) is 4.90 Å². The van der Waals surface area contributed by atoms with Crippen molar-refractivity contribution >= 4 is 17.5 Å². The second kappa shape index (κ2) is 6.80. The predicted molar refractivity (Wildman–Crippen MR) is 86.7 cm³/mol. The fourth-order valence-electron chi connectivity index (χ4n) is 2.72. The summed E-state index contributed by atoms with van der Waals surface area (Å²) < 4.78 is 18.7. The Balaban J connectivity index is 1.87. The monoisotopic (exact) mass is 328 g/mol. The molecule has 2 aromatic rings. The van der Waals surface area contributed by atoms with Crippen LogP contribution in [-0.4, -0.2) is 36.5 Å². The van der Waals surface area contributed by atoms with Gasteiger partial charge in [-0.2, -0.15) is 0 Å². The standard InChI is InChI=1S/C18H17FN2O3/c1-21-15(22)11-24-17(16(21)12-7-9-13(19)10-8-12)18(23)20-14-5-3-2-4-6-14/h2-10,16-17H,11H2,1H3,(H,20,23)/t16-,17-/m1/s1. The number of anilines is 1. The van der Waals surface area contributed by atoms with Crippen LogP contribution in [0.25, 0.3) is 0 Å². The van der Waals surface area contributed by atoms with Gasteiger partial charge in [-0.1, -0.05) is 30.3 Å². The lowest BCUT2D eigenvalue weighted by Crippen LogP contribution is -2.51. The molecule has 124 valence electrons. The number of carbonyl (C=O) groups is 2. The Kier molecular flexibility index (Phi) is 4.57. The van der Waals surface area contributed by atoms with Crippen LogP contribution in [0, 0.1) is 5.82 Å². The Hall–Kier alpha value is -2.73. The number of para-hydroxylation sites is 1. The molecule has 0 bridgehead atoms. The van der Waals surface area contributed by atoms with Gasteiger partial charge in [0, 0.05) is 12.7 Å². The van der Waals surface area contributed by atoms with Crippen molar-refractivity contribution in [3.8, 4) is 0 Å². The van der Waals surface area contributed by atoms with Crippen LogP contribution in [0.4, 0.5) is 10.1 Å². The van der Waals surface area contributed by atoms with Gasteiger partial charge in [-0.05, 0) is 29.8 Å². The van der Waals surface area contributed by atoms with Crippen LogP contribution in [-0.2, 0) is 14.3 Å². The lowest BCUT2D eigenvalue weighted by atomic mass is 9.97. The number of benzene rings is 2. The smallest absolute Gasteiger partial charge is 0.256 e. The number of nitrogens with one attached hydrogen (secondary N) is 1. The third kappa shape index (κ3) is 3.28. The van der Waals surface area contributed by atoms with E-state index in [1.165, 1.54) is 17.0 Å². The van der Waals surface area contributed by atoms with Crippen molar-refractivity contribution in [3.05, 3.63) is 66.0 Å². The second-order valence-electron chi connectivity index (χ2n) is 5.59. The summed E-state index contributed by atoms with van der Waals surface area (Å²) in [4.78, 5) is 26.1. The minimum Gasteiger partial charge on any atom is -0.356 e. The molecule has 0 saturated carbocycles. The number of hydrogen-bond donors (Lipinski definition) is 1. The van der Waals surface area contributed by atoms with Crippen LogP contribution in [0.5, 0.6) is 0 Å². The maximum atomic E-state index is 13.2. The van der Waals surface area contributed by atoms with E-state index < -0.39 is 12.1 Å². The molecule has 0 aliphatic carbocycles. The molecule has 1 heterocycles. The van der Waals surface area contributed by atoms with Gasteiger partial charge in [-0.25, -0.2) is 4.39 Å². The quantitative estimate of drug-likeness (QED) is 0.941. The van der Waals surface area contributed by atoms with E-state index in [0.717, 1.165) is 0 Å². The summed E-state index contributed by atoms with van der Waals surface area (Å²) >= 11 is 0. The van der Waals surface area contributed by atoms with E-state index >= 15 is 0 Å². The number of halogens is 1. The molecule has 3 rings (SSSR count). The first-order chi connectivity index (χ1) is 11.6. The summed E-state index contributed by atoms with van der Waals surface area (Å²) in [5.41, 5.74) is 1.28. The minimum absolute atomic E-state index is 0.166.